The van der Waals surface area contributed by atoms with E-state index in [4.69, 9.17) is 4.74 Å². The second-order valence-electron chi connectivity index (χ2n) is 6.95. The number of aromatic nitrogens is 3. The molecule has 142 valence electrons. The SMILES string of the molecule is Cc1cnc2c(S(=O)(=O)N[C@H]3CCCO[C@@H]3c3cnn(C)c3)cccc2c1. The smallest absolute Gasteiger partial charge is 0.243 e. The zero-order valence-corrected chi connectivity index (χ0v) is 16.1. The molecule has 0 spiro atoms. The van der Waals surface area contributed by atoms with Gasteiger partial charge in [-0.05, 0) is 37.5 Å². The quantitative estimate of drug-likeness (QED) is 0.744. The van der Waals surface area contributed by atoms with Gasteiger partial charge in [-0.3, -0.25) is 9.67 Å². The highest BCUT2D eigenvalue weighted by molar-refractivity contribution is 7.89. The van der Waals surface area contributed by atoms with Crippen LogP contribution in [0.15, 0.2) is 47.8 Å². The van der Waals surface area contributed by atoms with Gasteiger partial charge in [-0.1, -0.05) is 12.1 Å². The predicted octanol–water partition coefficient (Wildman–Crippen LogP) is 2.48. The number of benzene rings is 1. The van der Waals surface area contributed by atoms with E-state index in [9.17, 15) is 8.42 Å². The van der Waals surface area contributed by atoms with Crippen molar-refractivity contribution in [2.24, 2.45) is 7.05 Å². The number of nitrogens with one attached hydrogen (secondary N) is 1. The van der Waals surface area contributed by atoms with E-state index in [-0.39, 0.29) is 17.0 Å². The largest absolute Gasteiger partial charge is 0.372 e. The molecule has 2 aromatic heterocycles. The molecule has 1 aliphatic rings. The summed E-state index contributed by atoms with van der Waals surface area (Å²) in [5, 5.41) is 4.99. The van der Waals surface area contributed by atoms with Gasteiger partial charge in [0.25, 0.3) is 0 Å². The summed E-state index contributed by atoms with van der Waals surface area (Å²) < 4.78 is 36.7. The molecule has 0 saturated carbocycles. The van der Waals surface area contributed by atoms with Crippen molar-refractivity contribution in [1.29, 1.82) is 0 Å². The van der Waals surface area contributed by atoms with Crippen LogP contribution in [0, 0.1) is 6.92 Å². The first-order valence-corrected chi connectivity index (χ1v) is 10.4. The molecule has 0 unspecified atom stereocenters. The molecule has 8 heteroatoms. The Morgan fingerprint density at radius 3 is 2.93 bits per heavy atom. The maximum Gasteiger partial charge on any atom is 0.243 e. The molecule has 3 aromatic rings. The zero-order chi connectivity index (χ0) is 19.0. The fraction of sp³-hybridized carbons (Fsp3) is 0.368. The summed E-state index contributed by atoms with van der Waals surface area (Å²) in [6, 6.07) is 6.79. The van der Waals surface area contributed by atoms with Crippen LogP contribution in [0.25, 0.3) is 10.9 Å². The summed E-state index contributed by atoms with van der Waals surface area (Å²) in [5.41, 5.74) is 2.34. The number of hydrogen-bond donors (Lipinski definition) is 1. The highest BCUT2D eigenvalue weighted by atomic mass is 32.2. The minimum atomic E-state index is -3.75. The van der Waals surface area contributed by atoms with E-state index in [1.807, 2.05) is 32.3 Å². The number of nitrogens with zero attached hydrogens (tertiary/aromatic N) is 3. The summed E-state index contributed by atoms with van der Waals surface area (Å²) in [4.78, 5) is 4.55. The van der Waals surface area contributed by atoms with Crippen LogP contribution in [0.4, 0.5) is 0 Å². The molecule has 27 heavy (non-hydrogen) atoms. The van der Waals surface area contributed by atoms with Gasteiger partial charge >= 0.3 is 0 Å². The van der Waals surface area contributed by atoms with Gasteiger partial charge in [0.15, 0.2) is 0 Å². The highest BCUT2D eigenvalue weighted by Crippen LogP contribution is 2.30. The Balaban J connectivity index is 1.68. The molecule has 1 aliphatic heterocycles. The first-order chi connectivity index (χ1) is 12.9. The van der Waals surface area contributed by atoms with Crippen LogP contribution < -0.4 is 4.72 Å². The fourth-order valence-corrected chi connectivity index (χ4v) is 4.99. The maximum atomic E-state index is 13.2. The zero-order valence-electron chi connectivity index (χ0n) is 15.3. The summed E-state index contributed by atoms with van der Waals surface area (Å²) >= 11 is 0. The number of rotatable bonds is 4. The van der Waals surface area contributed by atoms with Gasteiger partial charge in [0.2, 0.25) is 10.0 Å². The van der Waals surface area contributed by atoms with E-state index in [1.165, 1.54) is 0 Å². The molecule has 0 bridgehead atoms. The van der Waals surface area contributed by atoms with Gasteiger partial charge in [-0.15, -0.1) is 0 Å². The highest BCUT2D eigenvalue weighted by Gasteiger charge is 2.33. The van der Waals surface area contributed by atoms with Gasteiger partial charge in [0.1, 0.15) is 11.0 Å². The van der Waals surface area contributed by atoms with E-state index in [0.29, 0.717) is 18.5 Å². The van der Waals surface area contributed by atoms with E-state index >= 15 is 0 Å². The number of aryl methyl sites for hydroxylation is 2. The second kappa shape index (κ2) is 7.03. The fourth-order valence-electron chi connectivity index (χ4n) is 3.54. The minimum Gasteiger partial charge on any atom is -0.372 e. The molecule has 1 aromatic carbocycles. The Morgan fingerprint density at radius 1 is 1.30 bits per heavy atom. The first-order valence-electron chi connectivity index (χ1n) is 8.92. The Labute approximate surface area is 158 Å². The number of para-hydroxylation sites is 1. The van der Waals surface area contributed by atoms with Crippen molar-refractivity contribution >= 4 is 20.9 Å². The van der Waals surface area contributed by atoms with Crippen LogP contribution in [0.2, 0.25) is 0 Å². The Morgan fingerprint density at radius 2 is 2.15 bits per heavy atom. The molecule has 1 N–H and O–H groups in total. The summed E-state index contributed by atoms with van der Waals surface area (Å²) in [6.45, 7) is 2.54. The second-order valence-corrected chi connectivity index (χ2v) is 8.63. The lowest BCUT2D eigenvalue weighted by Crippen LogP contribution is -2.42. The van der Waals surface area contributed by atoms with Crippen LogP contribution in [0.3, 0.4) is 0 Å². The van der Waals surface area contributed by atoms with E-state index in [0.717, 1.165) is 22.9 Å². The number of pyridine rings is 1. The molecular weight excluding hydrogens is 364 g/mol. The van der Waals surface area contributed by atoms with E-state index in [1.54, 1.807) is 29.2 Å². The van der Waals surface area contributed by atoms with Gasteiger partial charge in [0.05, 0.1) is 17.8 Å². The lowest BCUT2D eigenvalue weighted by molar-refractivity contribution is -0.00446. The lowest BCUT2D eigenvalue weighted by atomic mass is 9.99. The summed E-state index contributed by atoms with van der Waals surface area (Å²) in [5.74, 6) is 0. The van der Waals surface area contributed by atoms with E-state index < -0.39 is 10.0 Å². The van der Waals surface area contributed by atoms with Crippen LogP contribution in [0.1, 0.15) is 30.1 Å². The molecule has 1 saturated heterocycles. The third-order valence-corrected chi connectivity index (χ3v) is 6.30. The predicted molar refractivity (Wildman–Crippen MR) is 102 cm³/mol. The molecule has 0 radical (unpaired) electrons. The standard InChI is InChI=1S/C19H22N4O3S/c1-13-9-14-5-3-7-17(18(14)20-10-13)27(24,25)22-16-6-4-8-26-19(16)15-11-21-23(2)12-15/h3,5,7,9-12,16,19,22H,4,6,8H2,1-2H3/t16-,19+/m0/s1. The topological polar surface area (TPSA) is 86.1 Å². The molecular formula is C19H22N4O3S. The van der Waals surface area contributed by atoms with Gasteiger partial charge in [-0.25, -0.2) is 13.1 Å². The van der Waals surface area contributed by atoms with Gasteiger partial charge in [0, 0.05) is 37.0 Å². The Kier molecular flexibility index (Phi) is 4.71. The van der Waals surface area contributed by atoms with Crippen LogP contribution in [0.5, 0.6) is 0 Å². The van der Waals surface area contributed by atoms with Crippen molar-refractivity contribution < 1.29 is 13.2 Å². The Bertz CT molecular complexity index is 1080. The van der Waals surface area contributed by atoms with Crippen molar-refractivity contribution in [3.05, 3.63) is 54.0 Å². The molecule has 7 nitrogen and oxygen atoms in total. The van der Waals surface area contributed by atoms with E-state index in [2.05, 4.69) is 14.8 Å². The first kappa shape index (κ1) is 18.1. The van der Waals surface area contributed by atoms with Gasteiger partial charge in [-0.2, -0.15) is 5.10 Å². The number of fused-ring (bicyclic) bond motifs is 1. The molecule has 3 heterocycles. The molecule has 2 atom stereocenters. The average Bonchev–Trinajstić information content (AvgIpc) is 3.07. The molecule has 0 aliphatic carbocycles. The third kappa shape index (κ3) is 3.60. The third-order valence-electron chi connectivity index (χ3n) is 4.78. The van der Waals surface area contributed by atoms with Crippen molar-refractivity contribution in [2.45, 2.75) is 36.8 Å². The number of hydrogen-bond acceptors (Lipinski definition) is 5. The summed E-state index contributed by atoms with van der Waals surface area (Å²) in [7, 11) is -1.92. The van der Waals surface area contributed by atoms with Crippen LogP contribution >= 0.6 is 0 Å². The number of ether oxygens (including phenoxy) is 1. The molecule has 4 rings (SSSR count). The van der Waals surface area contributed by atoms with Crippen molar-refractivity contribution in [2.75, 3.05) is 6.61 Å². The van der Waals surface area contributed by atoms with Crippen LogP contribution in [-0.2, 0) is 21.8 Å². The van der Waals surface area contributed by atoms with Crippen molar-refractivity contribution in [1.82, 2.24) is 19.5 Å². The minimum absolute atomic E-state index is 0.190. The number of sulfonamides is 1. The Hall–Kier alpha value is -2.29. The monoisotopic (exact) mass is 386 g/mol. The average molecular weight is 386 g/mol. The van der Waals surface area contributed by atoms with Crippen molar-refractivity contribution in [3.63, 3.8) is 0 Å². The molecule has 1 fully saturated rings. The molecule has 0 amide bonds. The van der Waals surface area contributed by atoms with Gasteiger partial charge < -0.3 is 4.74 Å². The normalized spacial score (nSPS) is 20.8. The lowest BCUT2D eigenvalue weighted by Gasteiger charge is -2.31. The summed E-state index contributed by atoms with van der Waals surface area (Å²) in [6.07, 6.45) is 6.42. The van der Waals surface area contributed by atoms with Crippen molar-refractivity contribution in [3.8, 4) is 0 Å². The maximum absolute atomic E-state index is 13.2. The van der Waals surface area contributed by atoms with Crippen LogP contribution in [-0.4, -0.2) is 35.8 Å².